The van der Waals surface area contributed by atoms with Crippen molar-refractivity contribution in [2.75, 3.05) is 0 Å². The second-order valence-corrected chi connectivity index (χ2v) is 5.33. The third kappa shape index (κ3) is 2.90. The van der Waals surface area contributed by atoms with E-state index in [9.17, 15) is 13.2 Å². The Morgan fingerprint density at radius 3 is 2.50 bits per heavy atom. The molecule has 0 saturated carbocycles. The van der Waals surface area contributed by atoms with Crippen LogP contribution in [0.5, 0.6) is 0 Å². The average molecular weight is 240 g/mol. The molecule has 0 fully saturated rings. The molecule has 16 heavy (non-hydrogen) atoms. The van der Waals surface area contributed by atoms with Crippen molar-refractivity contribution >= 4 is 15.8 Å². The van der Waals surface area contributed by atoms with Gasteiger partial charge in [-0.15, -0.1) is 5.14 Å². The van der Waals surface area contributed by atoms with E-state index >= 15 is 0 Å². The monoisotopic (exact) mass is 240 g/mol. The van der Waals surface area contributed by atoms with Crippen LogP contribution >= 0.6 is 0 Å². The summed E-state index contributed by atoms with van der Waals surface area (Å²) in [6.45, 7) is 3.41. The highest BCUT2D eigenvalue weighted by Gasteiger charge is 2.29. The molecular formula is C11H14NO3S. The van der Waals surface area contributed by atoms with Gasteiger partial charge in [-0.05, 0) is 19.4 Å². The van der Waals surface area contributed by atoms with Crippen molar-refractivity contribution in [1.82, 2.24) is 5.14 Å². The fourth-order valence-corrected chi connectivity index (χ4v) is 2.39. The summed E-state index contributed by atoms with van der Waals surface area (Å²) in [7, 11) is -4.07. The summed E-state index contributed by atoms with van der Waals surface area (Å²) >= 11 is 0. The summed E-state index contributed by atoms with van der Waals surface area (Å²) in [6, 6.07) is 6.73. The van der Waals surface area contributed by atoms with E-state index < -0.39 is 21.1 Å². The number of rotatable bonds is 4. The van der Waals surface area contributed by atoms with E-state index in [2.05, 4.69) is 0 Å². The quantitative estimate of drug-likeness (QED) is 0.749. The van der Waals surface area contributed by atoms with Gasteiger partial charge in [-0.25, -0.2) is 8.42 Å². The number of ketones is 1. The molecule has 0 heterocycles. The van der Waals surface area contributed by atoms with Crippen molar-refractivity contribution < 1.29 is 13.2 Å². The van der Waals surface area contributed by atoms with Gasteiger partial charge < -0.3 is 0 Å². The molecule has 4 nitrogen and oxygen atoms in total. The van der Waals surface area contributed by atoms with Crippen LogP contribution in [0.15, 0.2) is 24.3 Å². The summed E-state index contributed by atoms with van der Waals surface area (Å²) in [5.74, 6) is -0.499. The minimum absolute atomic E-state index is 0.124. The van der Waals surface area contributed by atoms with Crippen molar-refractivity contribution in [2.45, 2.75) is 25.5 Å². The van der Waals surface area contributed by atoms with Gasteiger partial charge in [0.25, 0.3) is 0 Å². The van der Waals surface area contributed by atoms with Gasteiger partial charge in [-0.1, -0.05) is 30.7 Å². The van der Waals surface area contributed by atoms with Gasteiger partial charge in [0.05, 0.1) is 0 Å². The molecule has 1 N–H and O–H groups in total. The Bertz CT molecular complexity index is 494. The van der Waals surface area contributed by atoms with Crippen LogP contribution in [0.2, 0.25) is 0 Å². The lowest BCUT2D eigenvalue weighted by molar-refractivity contribution is 0.0985. The molecule has 5 heteroatoms. The van der Waals surface area contributed by atoms with Gasteiger partial charge >= 0.3 is 0 Å². The minimum Gasteiger partial charge on any atom is -0.293 e. The van der Waals surface area contributed by atoms with E-state index in [0.717, 1.165) is 5.56 Å². The molecule has 0 saturated heterocycles. The number of hydrogen-bond donors (Lipinski definition) is 0. The number of carbonyl (C=O) groups is 1. The molecule has 0 spiro atoms. The molecule has 1 atom stereocenters. The molecule has 0 aliphatic heterocycles. The van der Waals surface area contributed by atoms with Gasteiger partial charge in [0, 0.05) is 5.56 Å². The predicted molar refractivity (Wildman–Crippen MR) is 61.6 cm³/mol. The Balaban J connectivity index is 3.11. The van der Waals surface area contributed by atoms with Crippen LogP contribution in [0.25, 0.3) is 0 Å². The highest BCUT2D eigenvalue weighted by atomic mass is 32.2. The number of hydrogen-bond acceptors (Lipinski definition) is 3. The SMILES string of the molecule is CCC(C(=O)c1cccc(C)c1)S([NH])(=O)=O. The van der Waals surface area contributed by atoms with Crippen molar-refractivity contribution in [2.24, 2.45) is 0 Å². The molecule has 1 rings (SSSR count). The number of carbonyl (C=O) groups excluding carboxylic acids is 1. The summed E-state index contributed by atoms with van der Waals surface area (Å²) < 4.78 is 22.2. The van der Waals surface area contributed by atoms with Crippen LogP contribution < -0.4 is 5.14 Å². The second kappa shape index (κ2) is 4.76. The lowest BCUT2D eigenvalue weighted by Crippen LogP contribution is -2.30. The van der Waals surface area contributed by atoms with Gasteiger partial charge in [-0.3, -0.25) is 4.79 Å². The molecule has 1 unspecified atom stereocenters. The molecule has 1 aromatic carbocycles. The molecule has 0 aliphatic rings. The maximum atomic E-state index is 11.9. The van der Waals surface area contributed by atoms with E-state index in [1.165, 1.54) is 0 Å². The molecule has 0 aromatic heterocycles. The number of aryl methyl sites for hydroxylation is 1. The van der Waals surface area contributed by atoms with Crippen LogP contribution in [0, 0.1) is 6.92 Å². The lowest BCUT2D eigenvalue weighted by Gasteiger charge is -2.10. The molecule has 1 radical (unpaired) electrons. The zero-order chi connectivity index (χ0) is 12.3. The van der Waals surface area contributed by atoms with E-state index in [4.69, 9.17) is 5.14 Å². The topological polar surface area (TPSA) is 75.0 Å². The standard InChI is InChI=1S/C11H14NO3S/c1-3-10(16(12,14)15)11(13)9-6-4-5-8(2)7-9/h4-7,10,12H,3H2,1-2H3. The summed E-state index contributed by atoms with van der Waals surface area (Å²) in [4.78, 5) is 11.9. The van der Waals surface area contributed by atoms with Crippen LogP contribution in [-0.2, 0) is 10.0 Å². The average Bonchev–Trinajstić information content (AvgIpc) is 2.16. The third-order valence-corrected chi connectivity index (χ3v) is 3.64. The molecule has 1 aromatic rings. The Hall–Kier alpha value is -1.20. The zero-order valence-electron chi connectivity index (χ0n) is 9.23. The van der Waals surface area contributed by atoms with Gasteiger partial charge in [-0.2, -0.15) is 0 Å². The van der Waals surface area contributed by atoms with Crippen molar-refractivity contribution in [3.05, 3.63) is 35.4 Å². The Morgan fingerprint density at radius 2 is 2.06 bits per heavy atom. The lowest BCUT2D eigenvalue weighted by atomic mass is 10.0. The predicted octanol–water partition coefficient (Wildman–Crippen LogP) is 1.57. The first-order chi connectivity index (χ1) is 7.36. The zero-order valence-corrected chi connectivity index (χ0v) is 10.0. The fourth-order valence-electron chi connectivity index (χ4n) is 1.53. The van der Waals surface area contributed by atoms with Crippen LogP contribution in [0.4, 0.5) is 0 Å². The summed E-state index contributed by atoms with van der Waals surface area (Å²) in [5.41, 5.74) is 1.24. The van der Waals surface area contributed by atoms with Gasteiger partial charge in [0.2, 0.25) is 10.0 Å². The Labute approximate surface area is 95.5 Å². The minimum atomic E-state index is -4.07. The summed E-state index contributed by atoms with van der Waals surface area (Å²) in [6.07, 6.45) is 0.124. The maximum absolute atomic E-state index is 11.9. The van der Waals surface area contributed by atoms with E-state index in [-0.39, 0.29) is 6.42 Å². The van der Waals surface area contributed by atoms with Crippen LogP contribution in [0.1, 0.15) is 29.3 Å². The van der Waals surface area contributed by atoms with Crippen molar-refractivity contribution in [3.63, 3.8) is 0 Å². The van der Waals surface area contributed by atoms with Gasteiger partial charge in [0.1, 0.15) is 5.25 Å². The van der Waals surface area contributed by atoms with Crippen molar-refractivity contribution in [1.29, 1.82) is 0 Å². The normalized spacial score (nSPS) is 13.4. The second-order valence-electron chi connectivity index (χ2n) is 3.68. The molecular weight excluding hydrogens is 226 g/mol. The highest BCUT2D eigenvalue weighted by molar-refractivity contribution is 7.90. The van der Waals surface area contributed by atoms with Crippen LogP contribution in [0.3, 0.4) is 0 Å². The molecule has 0 aliphatic carbocycles. The molecule has 0 amide bonds. The first kappa shape index (κ1) is 12.9. The Kier molecular flexibility index (Phi) is 3.83. The van der Waals surface area contributed by atoms with E-state index in [0.29, 0.717) is 5.56 Å². The fraction of sp³-hybridized carbons (Fsp3) is 0.364. The molecule has 0 bridgehead atoms. The number of sulfonamides is 1. The Morgan fingerprint density at radius 1 is 1.44 bits per heavy atom. The smallest absolute Gasteiger partial charge is 0.235 e. The first-order valence-electron chi connectivity index (χ1n) is 4.95. The van der Waals surface area contributed by atoms with E-state index in [1.54, 1.807) is 25.1 Å². The summed E-state index contributed by atoms with van der Waals surface area (Å²) in [5, 5.41) is 5.72. The van der Waals surface area contributed by atoms with E-state index in [1.807, 2.05) is 13.0 Å². The first-order valence-corrected chi connectivity index (χ1v) is 6.50. The largest absolute Gasteiger partial charge is 0.293 e. The van der Waals surface area contributed by atoms with Crippen molar-refractivity contribution in [3.8, 4) is 0 Å². The number of nitrogens with one attached hydrogen (secondary N) is 1. The number of benzene rings is 1. The van der Waals surface area contributed by atoms with Gasteiger partial charge in [0.15, 0.2) is 5.78 Å². The number of Topliss-reactive ketones (excluding diaryl/α,β-unsaturated/α-hetero) is 1. The third-order valence-electron chi connectivity index (χ3n) is 2.34. The highest BCUT2D eigenvalue weighted by Crippen LogP contribution is 2.13. The molecule has 87 valence electrons. The maximum Gasteiger partial charge on any atom is 0.235 e. The van der Waals surface area contributed by atoms with Crippen LogP contribution in [-0.4, -0.2) is 19.5 Å².